The van der Waals surface area contributed by atoms with Crippen molar-refractivity contribution in [2.45, 2.75) is 113 Å². The predicted octanol–water partition coefficient (Wildman–Crippen LogP) is 15.7. The largest absolute Gasteiger partial charge is 0.0622 e. The smallest absolute Gasteiger partial charge is 0.00878 e. The third-order valence-electron chi connectivity index (χ3n) is 20.7. The molecule has 0 heterocycles. The first-order valence-electron chi connectivity index (χ1n) is 26.1. The quantitative estimate of drug-likeness (QED) is 0.146. The highest BCUT2D eigenvalue weighted by Gasteiger charge is 2.68. The van der Waals surface area contributed by atoms with Crippen LogP contribution in [0.25, 0.3) is 0 Å². The second-order valence-corrected chi connectivity index (χ2v) is 22.6. The second kappa shape index (κ2) is 16.0. The van der Waals surface area contributed by atoms with Crippen LogP contribution >= 0.6 is 0 Å². The molecule has 0 nitrogen and oxygen atoms in total. The molecule has 0 N–H and O–H groups in total. The standard InChI is InChI=1S/C62H70/c1-6-20-39(21-7-1)50(62-56(44-26-12-4-13-27-44)60-48-36-18-32-41-33-19-37-49(53(41)48)61(60)57(62)45-28-14-5-15-29-45)38-51-54(42-22-8-2-9-23-42)58-46-34-16-30-40-31-17-35-47(52(40)46)59(58)55(51)43-24-10-3-11-25-43/h1-15,20-29,40-41,46-62H,16-19,30-38H2. The van der Waals surface area contributed by atoms with Gasteiger partial charge in [-0.15, -0.1) is 0 Å². The molecule has 8 aliphatic rings. The van der Waals surface area contributed by atoms with Gasteiger partial charge in [0.2, 0.25) is 0 Å². The first kappa shape index (κ1) is 38.5. The fourth-order valence-electron chi connectivity index (χ4n) is 19.6. The predicted molar refractivity (Wildman–Crippen MR) is 255 cm³/mol. The highest BCUT2D eigenvalue weighted by Crippen LogP contribution is 2.76. The van der Waals surface area contributed by atoms with Gasteiger partial charge >= 0.3 is 0 Å². The summed E-state index contributed by atoms with van der Waals surface area (Å²) in [5.74, 6) is 14.6. The molecule has 8 saturated carbocycles. The molecular formula is C62H70. The molecule has 0 heteroatoms. The molecule has 8 fully saturated rings. The van der Waals surface area contributed by atoms with Gasteiger partial charge in [-0.25, -0.2) is 0 Å². The Hall–Kier alpha value is -3.90. The summed E-state index contributed by atoms with van der Waals surface area (Å²) in [4.78, 5) is 0. The second-order valence-electron chi connectivity index (χ2n) is 22.6. The van der Waals surface area contributed by atoms with Crippen molar-refractivity contribution in [2.75, 3.05) is 0 Å². The molecule has 0 radical (unpaired) electrons. The summed E-state index contributed by atoms with van der Waals surface area (Å²) in [5.41, 5.74) is 8.28. The first-order valence-corrected chi connectivity index (χ1v) is 26.1. The summed E-state index contributed by atoms with van der Waals surface area (Å²) in [6.07, 6.45) is 19.0. The van der Waals surface area contributed by atoms with E-state index in [0.29, 0.717) is 41.4 Å². The molecule has 0 spiro atoms. The summed E-state index contributed by atoms with van der Waals surface area (Å²) in [5, 5.41) is 0. The van der Waals surface area contributed by atoms with Gasteiger partial charge in [-0.2, -0.15) is 0 Å². The van der Waals surface area contributed by atoms with Gasteiger partial charge in [-0.1, -0.05) is 203 Å². The van der Waals surface area contributed by atoms with Gasteiger partial charge in [-0.05, 0) is 172 Å². The lowest BCUT2D eigenvalue weighted by atomic mass is 9.57. The van der Waals surface area contributed by atoms with E-state index >= 15 is 0 Å². The van der Waals surface area contributed by atoms with E-state index in [4.69, 9.17) is 0 Å². The van der Waals surface area contributed by atoms with E-state index in [-0.39, 0.29) is 0 Å². The minimum atomic E-state index is 0.487. The summed E-state index contributed by atoms with van der Waals surface area (Å²) in [6, 6.07) is 61.3. The topological polar surface area (TPSA) is 0 Å². The molecule has 5 aromatic carbocycles. The lowest BCUT2D eigenvalue weighted by Gasteiger charge is -2.47. The molecule has 13 unspecified atom stereocenters. The average molecular weight is 815 g/mol. The van der Waals surface area contributed by atoms with Crippen LogP contribution in [0.5, 0.6) is 0 Å². The van der Waals surface area contributed by atoms with Gasteiger partial charge in [0, 0.05) is 0 Å². The monoisotopic (exact) mass is 815 g/mol. The van der Waals surface area contributed by atoms with Crippen molar-refractivity contribution in [3.8, 4) is 0 Å². The highest BCUT2D eigenvalue weighted by atomic mass is 14.7. The molecule has 5 aromatic rings. The maximum Gasteiger partial charge on any atom is -0.00878 e. The zero-order valence-corrected chi connectivity index (χ0v) is 37.1. The van der Waals surface area contributed by atoms with Gasteiger partial charge in [-0.3, -0.25) is 0 Å². The van der Waals surface area contributed by atoms with Crippen LogP contribution in [0.1, 0.15) is 141 Å². The van der Waals surface area contributed by atoms with Crippen LogP contribution in [0.15, 0.2) is 152 Å². The molecule has 62 heavy (non-hydrogen) atoms. The normalized spacial score (nSPS) is 41.7. The number of rotatable bonds is 8. The maximum atomic E-state index is 2.59. The van der Waals surface area contributed by atoms with E-state index in [1.165, 1.54) is 83.5 Å². The SMILES string of the molecule is c1ccc(C(CC2C(c3ccccc3)C3C4CCCC5CCCC(C54)C3C2c2ccccc2)C2C(c3ccccc3)C3C4CCCC5CCCC(C54)C3C2c2ccccc2)cc1. The number of benzene rings is 5. The molecule has 0 amide bonds. The zero-order chi connectivity index (χ0) is 40.7. The van der Waals surface area contributed by atoms with E-state index in [9.17, 15) is 0 Å². The fourth-order valence-corrected chi connectivity index (χ4v) is 19.6. The summed E-state index contributed by atoms with van der Waals surface area (Å²) in [7, 11) is 0. The molecule has 13 atom stereocenters. The van der Waals surface area contributed by atoms with E-state index in [1.807, 2.05) is 0 Å². The molecule has 8 aliphatic carbocycles. The van der Waals surface area contributed by atoms with E-state index < -0.39 is 0 Å². The average Bonchev–Trinajstić information content (AvgIpc) is 4.06. The minimum absolute atomic E-state index is 0.487. The van der Waals surface area contributed by atoms with Crippen LogP contribution in [0.2, 0.25) is 0 Å². The number of hydrogen-bond donors (Lipinski definition) is 0. The molecule has 0 bridgehead atoms. The molecule has 0 aromatic heterocycles. The van der Waals surface area contributed by atoms with Gasteiger partial charge in [0.25, 0.3) is 0 Å². The van der Waals surface area contributed by atoms with E-state index in [2.05, 4.69) is 152 Å². The minimum Gasteiger partial charge on any atom is -0.0622 e. The van der Waals surface area contributed by atoms with Crippen molar-refractivity contribution in [3.05, 3.63) is 179 Å². The van der Waals surface area contributed by atoms with E-state index in [1.54, 1.807) is 27.8 Å². The van der Waals surface area contributed by atoms with Crippen molar-refractivity contribution in [3.63, 3.8) is 0 Å². The van der Waals surface area contributed by atoms with Crippen molar-refractivity contribution in [2.24, 2.45) is 82.9 Å². The maximum absolute atomic E-state index is 2.59. The Morgan fingerprint density at radius 3 is 0.984 bits per heavy atom. The summed E-state index contributed by atoms with van der Waals surface area (Å²) in [6.45, 7) is 0. The van der Waals surface area contributed by atoms with Crippen molar-refractivity contribution in [1.82, 2.24) is 0 Å². The van der Waals surface area contributed by atoms with Gasteiger partial charge in [0.15, 0.2) is 0 Å². The summed E-state index contributed by atoms with van der Waals surface area (Å²) >= 11 is 0. The zero-order valence-electron chi connectivity index (χ0n) is 37.1. The Morgan fingerprint density at radius 2 is 0.629 bits per heavy atom. The Balaban J connectivity index is 1.02. The fraction of sp³-hybridized carbons (Fsp3) is 0.516. The number of fused-ring (bicyclic) bond motifs is 6. The molecular weight excluding hydrogens is 745 g/mol. The Bertz CT molecular complexity index is 2130. The Morgan fingerprint density at radius 1 is 0.323 bits per heavy atom. The van der Waals surface area contributed by atoms with Crippen LogP contribution in [0.3, 0.4) is 0 Å². The summed E-state index contributed by atoms with van der Waals surface area (Å²) < 4.78 is 0. The van der Waals surface area contributed by atoms with Gasteiger partial charge in [0.1, 0.15) is 0 Å². The third kappa shape index (κ3) is 6.03. The number of hydrogen-bond acceptors (Lipinski definition) is 0. The highest BCUT2D eigenvalue weighted by molar-refractivity contribution is 5.40. The van der Waals surface area contributed by atoms with Gasteiger partial charge in [0.05, 0.1) is 0 Å². The molecule has 0 saturated heterocycles. The van der Waals surface area contributed by atoms with Crippen molar-refractivity contribution < 1.29 is 0 Å². The van der Waals surface area contributed by atoms with Crippen LogP contribution in [-0.4, -0.2) is 0 Å². The van der Waals surface area contributed by atoms with Gasteiger partial charge < -0.3 is 0 Å². The van der Waals surface area contributed by atoms with Crippen LogP contribution in [0, 0.1) is 82.9 Å². The van der Waals surface area contributed by atoms with Crippen LogP contribution in [0.4, 0.5) is 0 Å². The Kier molecular flexibility index (Phi) is 9.93. The lowest BCUT2D eigenvalue weighted by molar-refractivity contribution is 0.0596. The molecule has 13 rings (SSSR count). The third-order valence-corrected chi connectivity index (χ3v) is 20.7. The van der Waals surface area contributed by atoms with Crippen molar-refractivity contribution >= 4 is 0 Å². The van der Waals surface area contributed by atoms with Crippen LogP contribution in [-0.2, 0) is 0 Å². The Labute approximate surface area is 373 Å². The molecule has 0 aliphatic heterocycles. The molecule has 318 valence electrons. The van der Waals surface area contributed by atoms with E-state index in [0.717, 1.165) is 71.0 Å². The first-order chi connectivity index (χ1) is 30.8. The van der Waals surface area contributed by atoms with Crippen molar-refractivity contribution in [1.29, 1.82) is 0 Å². The van der Waals surface area contributed by atoms with Crippen LogP contribution < -0.4 is 0 Å². The lowest BCUT2D eigenvalue weighted by Crippen LogP contribution is -2.38.